The molecule has 4 aromatic heterocycles. The van der Waals surface area contributed by atoms with Crippen LogP contribution in [0.1, 0.15) is 53.8 Å². The molecular formula is C47H53Cl2N9O6. The van der Waals surface area contributed by atoms with Gasteiger partial charge in [-0.25, -0.2) is 19.9 Å². The molecule has 0 radical (unpaired) electrons. The van der Waals surface area contributed by atoms with Crippen LogP contribution in [0.15, 0.2) is 56.6 Å². The third-order valence-corrected chi connectivity index (χ3v) is 12.4. The van der Waals surface area contributed by atoms with E-state index in [1.807, 2.05) is 60.6 Å². The number of nitrogens with one attached hydrogen (secondary N) is 1. The number of aliphatic hydroxyl groups excluding tert-OH is 2. The lowest BCUT2D eigenvalue weighted by Gasteiger charge is -2.27. The van der Waals surface area contributed by atoms with Gasteiger partial charge in [0.15, 0.2) is 11.6 Å². The van der Waals surface area contributed by atoms with E-state index < -0.39 is 12.2 Å². The minimum absolute atomic E-state index is 0.103. The normalized spacial score (nSPS) is 14.8. The summed E-state index contributed by atoms with van der Waals surface area (Å²) in [6, 6.07) is 10.7. The number of halogens is 2. The molecule has 0 amide bonds. The molecule has 2 atom stereocenters. The molecule has 2 aliphatic rings. The number of aliphatic hydroxyl groups is 2. The number of ether oxygens (including phenoxy) is 2. The van der Waals surface area contributed by atoms with E-state index in [4.69, 9.17) is 61.7 Å². The van der Waals surface area contributed by atoms with Crippen molar-refractivity contribution in [2.24, 2.45) is 0 Å². The van der Waals surface area contributed by atoms with Crippen molar-refractivity contribution in [1.82, 2.24) is 35.6 Å². The van der Waals surface area contributed by atoms with Gasteiger partial charge in [0.05, 0.1) is 50.1 Å². The van der Waals surface area contributed by atoms with Gasteiger partial charge in [0.25, 0.3) is 0 Å². The van der Waals surface area contributed by atoms with E-state index in [9.17, 15) is 10.2 Å². The van der Waals surface area contributed by atoms with Gasteiger partial charge in [0, 0.05) is 55.0 Å². The van der Waals surface area contributed by atoms with E-state index in [0.29, 0.717) is 106 Å². The molecule has 0 spiro atoms. The Bertz CT molecular complexity index is 2500. The highest BCUT2D eigenvalue weighted by Gasteiger charge is 2.35. The number of rotatable bonds is 16. The van der Waals surface area contributed by atoms with E-state index in [1.165, 1.54) is 11.1 Å². The summed E-state index contributed by atoms with van der Waals surface area (Å²) in [5, 5.41) is 33.0. The van der Waals surface area contributed by atoms with Gasteiger partial charge in [0.1, 0.15) is 54.0 Å². The van der Waals surface area contributed by atoms with Crippen molar-refractivity contribution in [2.75, 3.05) is 62.8 Å². The van der Waals surface area contributed by atoms with Crippen molar-refractivity contribution in [3.8, 4) is 56.8 Å². The second kappa shape index (κ2) is 18.9. The lowest BCUT2D eigenvalue weighted by atomic mass is 10.0. The van der Waals surface area contributed by atoms with Crippen LogP contribution in [0.5, 0.6) is 11.5 Å². The lowest BCUT2D eigenvalue weighted by molar-refractivity contribution is 0.0994. The minimum Gasteiger partial charge on any atom is -0.491 e. The minimum atomic E-state index is -0.685. The number of anilines is 2. The number of aromatic nitrogens is 6. The zero-order valence-electron chi connectivity index (χ0n) is 37.3. The van der Waals surface area contributed by atoms with Crippen LogP contribution >= 0.6 is 23.2 Å². The maximum atomic E-state index is 10.4. The monoisotopic (exact) mass is 909 g/mol. The van der Waals surface area contributed by atoms with E-state index in [1.54, 1.807) is 31.3 Å². The molecule has 3 N–H and O–H groups in total. The van der Waals surface area contributed by atoms with Gasteiger partial charge in [-0.3, -0.25) is 0 Å². The van der Waals surface area contributed by atoms with Crippen LogP contribution in [0.2, 0.25) is 10.0 Å². The Labute approximate surface area is 382 Å². The summed E-state index contributed by atoms with van der Waals surface area (Å²) in [7, 11) is 1.78. The first-order valence-electron chi connectivity index (χ1n) is 21.4. The van der Waals surface area contributed by atoms with E-state index in [0.717, 1.165) is 51.7 Å². The van der Waals surface area contributed by atoms with Crippen LogP contribution in [-0.2, 0) is 0 Å². The Hall–Kier alpha value is -5.58. The summed E-state index contributed by atoms with van der Waals surface area (Å²) in [5.74, 6) is 4.81. The van der Waals surface area contributed by atoms with Crippen LogP contribution in [0, 0.1) is 41.5 Å². The van der Waals surface area contributed by atoms with Gasteiger partial charge in [-0.15, -0.1) is 0 Å². The maximum Gasteiger partial charge on any atom is 0.163 e. The van der Waals surface area contributed by atoms with Crippen molar-refractivity contribution < 1.29 is 28.7 Å². The van der Waals surface area contributed by atoms with Crippen LogP contribution in [0.25, 0.3) is 45.3 Å². The zero-order chi connectivity index (χ0) is 45.4. The molecule has 2 aliphatic heterocycles. The standard InChI is InChI=1S/C47H53Cl2N9O6/c1-9-10-32(59)22-61-34-11-13-38(48)36(15-34)44-51-42(40-26(4)55-63-28(40)6)24(2)46(53-44)57-18-30-20-58(21-31(30)19-57)47-25(3)43(41-27(5)56-64-29(41)7)52-45(54-47)37-16-35(12-14-39(37)49)62-23-33(60)17-50-8/h11-16,32-33,50,59-60H,9-10,17-23H2,1-8H3/t32-,33-/m1/s1. The zero-order valence-corrected chi connectivity index (χ0v) is 38.9. The van der Waals surface area contributed by atoms with Gasteiger partial charge in [-0.05, 0) is 103 Å². The molecule has 8 rings (SSSR count). The predicted molar refractivity (Wildman–Crippen MR) is 248 cm³/mol. The molecular weight excluding hydrogens is 857 g/mol. The molecule has 2 aromatic carbocycles. The third-order valence-electron chi connectivity index (χ3n) is 11.7. The first-order valence-corrected chi connectivity index (χ1v) is 22.2. The van der Waals surface area contributed by atoms with Crippen molar-refractivity contribution in [3.05, 3.63) is 91.6 Å². The first kappa shape index (κ1) is 45.0. The van der Waals surface area contributed by atoms with Gasteiger partial charge in [-0.1, -0.05) is 46.9 Å². The summed E-state index contributed by atoms with van der Waals surface area (Å²) in [5.41, 5.74) is 10.0. The highest BCUT2D eigenvalue weighted by atomic mass is 35.5. The highest BCUT2D eigenvalue weighted by molar-refractivity contribution is 6.33. The molecule has 0 bridgehead atoms. The van der Waals surface area contributed by atoms with Crippen LogP contribution in [-0.4, -0.2) is 106 Å². The molecule has 64 heavy (non-hydrogen) atoms. The number of likely N-dealkylation sites (N-methyl/N-ethyl adjacent to an activating group) is 1. The molecule has 6 heterocycles. The van der Waals surface area contributed by atoms with Crippen molar-refractivity contribution in [3.63, 3.8) is 0 Å². The fourth-order valence-electron chi connectivity index (χ4n) is 8.50. The van der Waals surface area contributed by atoms with Crippen molar-refractivity contribution in [1.29, 1.82) is 0 Å². The van der Waals surface area contributed by atoms with E-state index in [2.05, 4.69) is 25.4 Å². The summed E-state index contributed by atoms with van der Waals surface area (Å²) in [6.07, 6.45) is 0.234. The quantitative estimate of drug-likeness (QED) is 0.0790. The number of nitrogens with zero attached hydrogens (tertiary/aromatic N) is 8. The van der Waals surface area contributed by atoms with E-state index in [-0.39, 0.29) is 13.2 Å². The van der Waals surface area contributed by atoms with Gasteiger partial charge >= 0.3 is 0 Å². The average molecular weight is 911 g/mol. The smallest absolute Gasteiger partial charge is 0.163 e. The van der Waals surface area contributed by atoms with Crippen LogP contribution in [0.3, 0.4) is 0 Å². The number of hydrogen-bond acceptors (Lipinski definition) is 15. The molecule has 336 valence electrons. The van der Waals surface area contributed by atoms with Crippen LogP contribution in [0.4, 0.5) is 11.6 Å². The molecule has 0 saturated carbocycles. The largest absolute Gasteiger partial charge is 0.491 e. The van der Waals surface area contributed by atoms with Gasteiger partial charge in [0.2, 0.25) is 0 Å². The summed E-state index contributed by atoms with van der Waals surface area (Å²) in [6.45, 7) is 16.9. The predicted octanol–water partition coefficient (Wildman–Crippen LogP) is 8.20. The van der Waals surface area contributed by atoms with E-state index >= 15 is 0 Å². The summed E-state index contributed by atoms with van der Waals surface area (Å²) in [4.78, 5) is 25.2. The van der Waals surface area contributed by atoms with Crippen molar-refractivity contribution >= 4 is 34.8 Å². The lowest BCUT2D eigenvalue weighted by Crippen LogP contribution is -2.32. The highest BCUT2D eigenvalue weighted by Crippen LogP contribution is 2.42. The van der Waals surface area contributed by atoms with Crippen molar-refractivity contribution in [2.45, 2.75) is 73.5 Å². The number of aryl methyl sites for hydroxylation is 4. The molecule has 0 aliphatic carbocycles. The molecule has 0 saturated heterocycles. The fraction of sp³-hybridized carbons (Fsp3) is 0.404. The second-order valence-corrected chi connectivity index (χ2v) is 17.4. The number of benzene rings is 2. The Morgan fingerprint density at radius 1 is 0.672 bits per heavy atom. The molecule has 17 heteroatoms. The Kier molecular flexibility index (Phi) is 13.3. The SMILES string of the molecule is CCC[C@@H](O)COc1ccc(Cl)c(-c2nc(-c3c(C)noc3C)c(C)c(N3CC4=C(C3)CN(c3nc(-c5cc(OC[C@H](O)CNC)ccc5Cl)nc(-c5c(C)noc5C)c3C)C4)n2)c1. The maximum absolute atomic E-state index is 10.4. The topological polar surface area (TPSA) is 181 Å². The molecule has 0 fully saturated rings. The molecule has 0 unspecified atom stereocenters. The van der Waals surface area contributed by atoms with Gasteiger partial charge in [-0.2, -0.15) is 0 Å². The average Bonchev–Trinajstić information content (AvgIpc) is 4.03. The fourth-order valence-corrected chi connectivity index (χ4v) is 8.91. The first-order chi connectivity index (χ1) is 30.7. The van der Waals surface area contributed by atoms with Crippen LogP contribution < -0.4 is 24.6 Å². The third kappa shape index (κ3) is 9.04. The summed E-state index contributed by atoms with van der Waals surface area (Å²) >= 11 is 13.7. The Morgan fingerprint density at radius 3 is 1.50 bits per heavy atom. The molecule has 6 aromatic rings. The summed E-state index contributed by atoms with van der Waals surface area (Å²) < 4.78 is 23.2. The molecule has 15 nitrogen and oxygen atoms in total. The Morgan fingerprint density at radius 2 is 1.11 bits per heavy atom. The Balaban J connectivity index is 1.12. The number of hydrogen-bond donors (Lipinski definition) is 3. The van der Waals surface area contributed by atoms with Gasteiger partial charge < -0.3 is 43.8 Å². The second-order valence-electron chi connectivity index (χ2n) is 16.6.